The molecule has 4 nitrogen and oxygen atoms in total. The lowest BCUT2D eigenvalue weighted by atomic mass is 10.2. The lowest BCUT2D eigenvalue weighted by molar-refractivity contribution is 0.0957. The molecule has 1 amide bonds. The molecule has 0 fully saturated rings. The standard InChI is InChI=1S/C11H11Cl2NO3S/c1-7(2)6-14-11(15)8-3-9(12)5-10(4-8)18(13,16)17/h3-5H,1,6H2,2H3,(H,14,15). The summed E-state index contributed by atoms with van der Waals surface area (Å²) in [6, 6.07) is 3.71. The average molecular weight is 308 g/mol. The number of carbonyl (C=O) groups excluding carboxylic acids is 1. The van der Waals surface area contributed by atoms with E-state index >= 15 is 0 Å². The predicted octanol–water partition coefficient (Wildman–Crippen LogP) is 2.57. The highest BCUT2D eigenvalue weighted by Gasteiger charge is 2.15. The summed E-state index contributed by atoms with van der Waals surface area (Å²) in [7, 11) is 1.28. The topological polar surface area (TPSA) is 63.2 Å². The van der Waals surface area contributed by atoms with Crippen molar-refractivity contribution in [2.45, 2.75) is 11.8 Å². The van der Waals surface area contributed by atoms with Crippen molar-refractivity contribution in [2.24, 2.45) is 0 Å². The van der Waals surface area contributed by atoms with Crippen LogP contribution in [0, 0.1) is 0 Å². The second-order valence-electron chi connectivity index (χ2n) is 3.75. The summed E-state index contributed by atoms with van der Waals surface area (Å²) in [6.07, 6.45) is 0. The second kappa shape index (κ2) is 5.73. The Bertz CT molecular complexity index is 596. The number of benzene rings is 1. The van der Waals surface area contributed by atoms with E-state index in [9.17, 15) is 13.2 Å². The van der Waals surface area contributed by atoms with Crippen LogP contribution in [0.4, 0.5) is 0 Å². The molecule has 0 heterocycles. The highest BCUT2D eigenvalue weighted by atomic mass is 35.7. The second-order valence-corrected chi connectivity index (χ2v) is 6.76. The number of hydrogen-bond donors (Lipinski definition) is 1. The van der Waals surface area contributed by atoms with E-state index in [1.165, 1.54) is 18.2 Å². The largest absolute Gasteiger partial charge is 0.348 e. The smallest absolute Gasteiger partial charge is 0.261 e. The Morgan fingerprint density at radius 1 is 1.39 bits per heavy atom. The van der Waals surface area contributed by atoms with E-state index in [-0.39, 0.29) is 15.5 Å². The van der Waals surface area contributed by atoms with E-state index in [4.69, 9.17) is 22.3 Å². The molecule has 1 aromatic rings. The van der Waals surface area contributed by atoms with E-state index in [1.807, 2.05) is 0 Å². The van der Waals surface area contributed by atoms with Crippen molar-refractivity contribution in [3.05, 3.63) is 40.9 Å². The molecule has 0 aliphatic heterocycles. The van der Waals surface area contributed by atoms with Crippen LogP contribution in [0.25, 0.3) is 0 Å². The molecule has 0 aliphatic rings. The van der Waals surface area contributed by atoms with Crippen molar-refractivity contribution < 1.29 is 13.2 Å². The Labute approximate surface area is 115 Å². The molecule has 0 unspecified atom stereocenters. The molecule has 1 aromatic carbocycles. The van der Waals surface area contributed by atoms with Crippen LogP contribution in [-0.4, -0.2) is 20.9 Å². The van der Waals surface area contributed by atoms with Crippen LogP contribution >= 0.6 is 22.3 Å². The summed E-state index contributed by atoms with van der Waals surface area (Å²) in [5.41, 5.74) is 0.901. The molecule has 1 rings (SSSR count). The van der Waals surface area contributed by atoms with Crippen LogP contribution in [0.15, 0.2) is 35.2 Å². The minimum absolute atomic E-state index is 0.122. The molecular weight excluding hydrogens is 297 g/mol. The van der Waals surface area contributed by atoms with Gasteiger partial charge in [-0.05, 0) is 25.1 Å². The van der Waals surface area contributed by atoms with Gasteiger partial charge in [0.1, 0.15) is 0 Å². The number of carbonyl (C=O) groups is 1. The lowest BCUT2D eigenvalue weighted by Gasteiger charge is -2.06. The first kappa shape index (κ1) is 15.0. The Balaban J connectivity index is 3.07. The molecule has 7 heteroatoms. The third-order valence-electron chi connectivity index (χ3n) is 1.97. The molecule has 0 aliphatic carbocycles. The number of rotatable bonds is 4. The van der Waals surface area contributed by atoms with Crippen LogP contribution in [-0.2, 0) is 9.05 Å². The Hall–Kier alpha value is -1.04. The molecule has 0 radical (unpaired) electrons. The predicted molar refractivity (Wildman–Crippen MR) is 71.6 cm³/mol. The number of hydrogen-bond acceptors (Lipinski definition) is 3. The van der Waals surface area contributed by atoms with Gasteiger partial charge in [0.15, 0.2) is 0 Å². The summed E-state index contributed by atoms with van der Waals surface area (Å²) < 4.78 is 22.4. The van der Waals surface area contributed by atoms with E-state index in [0.29, 0.717) is 6.54 Å². The zero-order chi connectivity index (χ0) is 13.9. The maximum absolute atomic E-state index is 11.7. The normalized spacial score (nSPS) is 11.1. The lowest BCUT2D eigenvalue weighted by Crippen LogP contribution is -2.25. The molecule has 0 aromatic heterocycles. The van der Waals surface area contributed by atoms with Crippen molar-refractivity contribution in [2.75, 3.05) is 6.54 Å². The summed E-state index contributed by atoms with van der Waals surface area (Å²) in [4.78, 5) is 11.5. The Morgan fingerprint density at radius 2 is 2.00 bits per heavy atom. The molecule has 18 heavy (non-hydrogen) atoms. The molecule has 0 bridgehead atoms. The van der Waals surface area contributed by atoms with Gasteiger partial charge in [0.2, 0.25) is 0 Å². The zero-order valence-corrected chi connectivity index (χ0v) is 11.9. The van der Waals surface area contributed by atoms with Crippen LogP contribution < -0.4 is 5.32 Å². The fraction of sp³-hybridized carbons (Fsp3) is 0.182. The minimum Gasteiger partial charge on any atom is -0.348 e. The molecule has 0 atom stereocenters. The van der Waals surface area contributed by atoms with E-state index in [2.05, 4.69) is 11.9 Å². The van der Waals surface area contributed by atoms with E-state index in [1.54, 1.807) is 6.92 Å². The third-order valence-corrected chi connectivity index (χ3v) is 3.52. The first-order chi connectivity index (χ1) is 8.20. The molecule has 98 valence electrons. The number of nitrogens with one attached hydrogen (secondary N) is 1. The van der Waals surface area contributed by atoms with Gasteiger partial charge in [0.25, 0.3) is 15.0 Å². The van der Waals surface area contributed by atoms with Crippen molar-refractivity contribution in [3.8, 4) is 0 Å². The quantitative estimate of drug-likeness (QED) is 0.687. The van der Waals surface area contributed by atoms with Gasteiger partial charge in [-0.2, -0.15) is 0 Å². The molecule has 0 spiro atoms. The molecular formula is C11H11Cl2NO3S. The fourth-order valence-corrected chi connectivity index (χ4v) is 2.27. The number of halogens is 2. The Kier molecular flexibility index (Phi) is 4.78. The molecule has 0 saturated heterocycles. The van der Waals surface area contributed by atoms with Gasteiger partial charge < -0.3 is 5.32 Å². The Morgan fingerprint density at radius 3 is 2.50 bits per heavy atom. The minimum atomic E-state index is -3.92. The third kappa shape index (κ3) is 4.33. The van der Waals surface area contributed by atoms with Crippen LogP contribution in [0.2, 0.25) is 5.02 Å². The van der Waals surface area contributed by atoms with Crippen molar-refractivity contribution in [1.29, 1.82) is 0 Å². The van der Waals surface area contributed by atoms with Gasteiger partial charge in [-0.15, -0.1) is 0 Å². The van der Waals surface area contributed by atoms with Crippen molar-refractivity contribution >= 4 is 37.2 Å². The van der Waals surface area contributed by atoms with Gasteiger partial charge in [0, 0.05) is 27.8 Å². The first-order valence-electron chi connectivity index (χ1n) is 4.88. The number of amides is 1. The van der Waals surface area contributed by atoms with Gasteiger partial charge in [-0.1, -0.05) is 23.8 Å². The van der Waals surface area contributed by atoms with Crippen molar-refractivity contribution in [1.82, 2.24) is 5.32 Å². The average Bonchev–Trinajstić information content (AvgIpc) is 2.23. The maximum atomic E-state index is 11.7. The summed E-state index contributed by atoms with van der Waals surface area (Å²) in [5.74, 6) is -0.443. The van der Waals surface area contributed by atoms with Gasteiger partial charge in [-0.3, -0.25) is 4.79 Å². The van der Waals surface area contributed by atoms with Gasteiger partial charge in [0.05, 0.1) is 4.90 Å². The van der Waals surface area contributed by atoms with Crippen LogP contribution in [0.5, 0.6) is 0 Å². The SMILES string of the molecule is C=C(C)CNC(=O)c1cc(Cl)cc(S(=O)(=O)Cl)c1. The highest BCUT2D eigenvalue weighted by molar-refractivity contribution is 8.13. The maximum Gasteiger partial charge on any atom is 0.261 e. The van der Waals surface area contributed by atoms with Gasteiger partial charge >= 0.3 is 0 Å². The van der Waals surface area contributed by atoms with Crippen LogP contribution in [0.3, 0.4) is 0 Å². The molecule has 0 saturated carbocycles. The van der Waals surface area contributed by atoms with E-state index in [0.717, 1.165) is 5.57 Å². The first-order valence-corrected chi connectivity index (χ1v) is 7.56. The zero-order valence-electron chi connectivity index (χ0n) is 9.54. The summed E-state index contributed by atoms with van der Waals surface area (Å²) in [6.45, 7) is 5.69. The van der Waals surface area contributed by atoms with Gasteiger partial charge in [-0.25, -0.2) is 8.42 Å². The summed E-state index contributed by atoms with van der Waals surface area (Å²) >= 11 is 5.74. The highest BCUT2D eigenvalue weighted by Crippen LogP contribution is 2.22. The monoisotopic (exact) mass is 307 g/mol. The molecule has 1 N–H and O–H groups in total. The van der Waals surface area contributed by atoms with E-state index < -0.39 is 15.0 Å². The fourth-order valence-electron chi connectivity index (χ4n) is 1.17. The summed E-state index contributed by atoms with van der Waals surface area (Å²) in [5, 5.41) is 2.69. The van der Waals surface area contributed by atoms with Crippen LogP contribution in [0.1, 0.15) is 17.3 Å². The van der Waals surface area contributed by atoms with Crippen molar-refractivity contribution in [3.63, 3.8) is 0 Å².